The number of para-hydroxylation sites is 1. The Balaban J connectivity index is 1.51. The maximum Gasteiger partial charge on any atom is 0.255 e. The van der Waals surface area contributed by atoms with Crippen molar-refractivity contribution in [3.63, 3.8) is 0 Å². The van der Waals surface area contributed by atoms with E-state index in [0.717, 1.165) is 33.4 Å². The first-order valence-electron chi connectivity index (χ1n) is 9.35. The molecule has 4 nitrogen and oxygen atoms in total. The van der Waals surface area contributed by atoms with Crippen LogP contribution in [0.2, 0.25) is 5.15 Å². The van der Waals surface area contributed by atoms with Crippen molar-refractivity contribution in [3.05, 3.63) is 101 Å². The minimum atomic E-state index is -0.137. The number of halogens is 1. The molecule has 2 N–H and O–H groups in total. The normalized spacial score (nSPS) is 10.7. The van der Waals surface area contributed by atoms with Crippen LogP contribution in [-0.4, -0.2) is 10.9 Å². The lowest BCUT2D eigenvalue weighted by Gasteiger charge is -2.13. The molecule has 0 unspecified atom stereocenters. The molecule has 4 rings (SSSR count). The molecule has 0 saturated heterocycles. The van der Waals surface area contributed by atoms with Gasteiger partial charge in [0.05, 0.1) is 5.52 Å². The zero-order chi connectivity index (χ0) is 20.2. The number of aromatic nitrogens is 1. The van der Waals surface area contributed by atoms with Crippen LogP contribution in [-0.2, 0) is 6.54 Å². The van der Waals surface area contributed by atoms with E-state index in [-0.39, 0.29) is 5.91 Å². The number of benzene rings is 3. The van der Waals surface area contributed by atoms with E-state index < -0.39 is 0 Å². The van der Waals surface area contributed by atoms with Crippen molar-refractivity contribution >= 4 is 39.8 Å². The Bertz CT molecular complexity index is 1180. The molecule has 144 valence electrons. The Hall–Kier alpha value is -3.37. The summed E-state index contributed by atoms with van der Waals surface area (Å²) in [5.74, 6) is -0.137. The first-order chi connectivity index (χ1) is 14.1. The molecule has 0 atom stereocenters. The van der Waals surface area contributed by atoms with E-state index in [1.165, 1.54) is 0 Å². The van der Waals surface area contributed by atoms with Gasteiger partial charge in [0.1, 0.15) is 5.15 Å². The number of nitrogens with zero attached hydrogens (tertiary/aromatic N) is 1. The topological polar surface area (TPSA) is 54.0 Å². The molecule has 0 bridgehead atoms. The van der Waals surface area contributed by atoms with Gasteiger partial charge in [0.15, 0.2) is 0 Å². The summed E-state index contributed by atoms with van der Waals surface area (Å²) in [5, 5.41) is 7.89. The number of fused-ring (bicyclic) bond motifs is 1. The highest BCUT2D eigenvalue weighted by Crippen LogP contribution is 2.24. The number of amides is 1. The number of rotatable bonds is 5. The summed E-state index contributed by atoms with van der Waals surface area (Å²) in [6.07, 6.45) is 0. The molecule has 1 aromatic heterocycles. The van der Waals surface area contributed by atoms with E-state index >= 15 is 0 Å². The minimum Gasteiger partial charge on any atom is -0.381 e. The third-order valence-electron chi connectivity index (χ3n) is 4.75. The van der Waals surface area contributed by atoms with Crippen LogP contribution in [0.15, 0.2) is 78.9 Å². The summed E-state index contributed by atoms with van der Waals surface area (Å²) in [6.45, 7) is 2.55. The second kappa shape index (κ2) is 8.33. The predicted octanol–water partition coefficient (Wildman–Crippen LogP) is 6.06. The van der Waals surface area contributed by atoms with E-state index in [1.54, 1.807) is 12.1 Å². The van der Waals surface area contributed by atoms with Gasteiger partial charge in [-0.1, -0.05) is 54.1 Å². The number of pyridine rings is 1. The number of aryl methyl sites for hydroxylation is 1. The molecule has 0 radical (unpaired) electrons. The number of hydrogen-bond donors (Lipinski definition) is 2. The lowest BCUT2D eigenvalue weighted by Crippen LogP contribution is -2.12. The van der Waals surface area contributed by atoms with Gasteiger partial charge in [-0.15, -0.1) is 0 Å². The summed E-state index contributed by atoms with van der Waals surface area (Å²) in [5.41, 5.74) is 5.16. The van der Waals surface area contributed by atoms with E-state index in [9.17, 15) is 4.79 Å². The van der Waals surface area contributed by atoms with Gasteiger partial charge in [-0.3, -0.25) is 4.79 Å². The van der Waals surface area contributed by atoms with Gasteiger partial charge in [-0.2, -0.15) is 0 Å². The highest BCUT2D eigenvalue weighted by Gasteiger charge is 2.09. The van der Waals surface area contributed by atoms with E-state index in [1.807, 2.05) is 73.7 Å². The van der Waals surface area contributed by atoms with Crippen LogP contribution in [0.5, 0.6) is 0 Å². The predicted molar refractivity (Wildman–Crippen MR) is 120 cm³/mol. The third-order valence-corrected chi connectivity index (χ3v) is 5.08. The van der Waals surface area contributed by atoms with Crippen molar-refractivity contribution in [2.45, 2.75) is 13.5 Å². The molecule has 0 aliphatic rings. The van der Waals surface area contributed by atoms with Gasteiger partial charge in [-0.05, 0) is 48.9 Å². The fourth-order valence-electron chi connectivity index (χ4n) is 3.13. The SMILES string of the molecule is Cc1ccc(NC(=O)c2ccccc2)cc1NCc1cc2ccccc2nc1Cl. The largest absolute Gasteiger partial charge is 0.381 e. The van der Waals surface area contributed by atoms with Crippen LogP contribution in [0, 0.1) is 6.92 Å². The summed E-state index contributed by atoms with van der Waals surface area (Å²) in [6, 6.07) is 24.9. The van der Waals surface area contributed by atoms with Crippen molar-refractivity contribution in [3.8, 4) is 0 Å². The Kier molecular flexibility index (Phi) is 5.45. The molecular formula is C24H20ClN3O. The quantitative estimate of drug-likeness (QED) is 0.399. The molecule has 0 spiro atoms. The molecule has 3 aromatic carbocycles. The molecule has 5 heteroatoms. The molecule has 0 aliphatic heterocycles. The highest BCUT2D eigenvalue weighted by molar-refractivity contribution is 6.30. The number of carbonyl (C=O) groups excluding carboxylic acids is 1. The summed E-state index contributed by atoms with van der Waals surface area (Å²) in [4.78, 5) is 16.9. The van der Waals surface area contributed by atoms with Crippen LogP contribution in [0.3, 0.4) is 0 Å². The standard InChI is InChI=1S/C24H20ClN3O/c1-16-11-12-20(27-24(29)17-7-3-2-4-8-17)14-22(16)26-15-19-13-18-9-5-6-10-21(18)28-23(19)25/h2-14,26H,15H2,1H3,(H,27,29). The lowest BCUT2D eigenvalue weighted by atomic mass is 10.1. The molecule has 0 aliphatic carbocycles. The van der Waals surface area contributed by atoms with Gasteiger partial charge in [0, 0.05) is 34.4 Å². The summed E-state index contributed by atoms with van der Waals surface area (Å²) < 4.78 is 0. The molecule has 1 heterocycles. The maximum atomic E-state index is 12.4. The summed E-state index contributed by atoms with van der Waals surface area (Å²) >= 11 is 6.37. The van der Waals surface area contributed by atoms with E-state index in [2.05, 4.69) is 15.6 Å². The smallest absolute Gasteiger partial charge is 0.255 e. The monoisotopic (exact) mass is 401 g/mol. The Morgan fingerprint density at radius 1 is 0.966 bits per heavy atom. The second-order valence-electron chi connectivity index (χ2n) is 6.83. The van der Waals surface area contributed by atoms with E-state index in [4.69, 9.17) is 11.6 Å². The van der Waals surface area contributed by atoms with E-state index in [0.29, 0.717) is 17.3 Å². The van der Waals surface area contributed by atoms with Gasteiger partial charge in [0.25, 0.3) is 5.91 Å². The van der Waals surface area contributed by atoms with Crippen LogP contribution in [0.4, 0.5) is 11.4 Å². The third kappa shape index (κ3) is 4.39. The second-order valence-corrected chi connectivity index (χ2v) is 7.19. The summed E-state index contributed by atoms with van der Waals surface area (Å²) in [7, 11) is 0. The van der Waals surface area contributed by atoms with Gasteiger partial charge in [0.2, 0.25) is 0 Å². The van der Waals surface area contributed by atoms with Crippen molar-refractivity contribution in [2.24, 2.45) is 0 Å². The van der Waals surface area contributed by atoms with Crippen molar-refractivity contribution in [1.29, 1.82) is 0 Å². The molecule has 0 saturated carbocycles. The lowest BCUT2D eigenvalue weighted by molar-refractivity contribution is 0.102. The fourth-order valence-corrected chi connectivity index (χ4v) is 3.35. The average molecular weight is 402 g/mol. The zero-order valence-electron chi connectivity index (χ0n) is 15.9. The Morgan fingerprint density at radius 3 is 2.55 bits per heavy atom. The Morgan fingerprint density at radius 2 is 1.72 bits per heavy atom. The first-order valence-corrected chi connectivity index (χ1v) is 9.73. The number of anilines is 2. The van der Waals surface area contributed by atoms with Crippen LogP contribution in [0.1, 0.15) is 21.5 Å². The highest BCUT2D eigenvalue weighted by atomic mass is 35.5. The van der Waals surface area contributed by atoms with Crippen molar-refractivity contribution in [2.75, 3.05) is 10.6 Å². The molecule has 29 heavy (non-hydrogen) atoms. The number of carbonyl (C=O) groups is 1. The molecular weight excluding hydrogens is 382 g/mol. The van der Waals surface area contributed by atoms with Crippen LogP contribution < -0.4 is 10.6 Å². The fraction of sp³-hybridized carbons (Fsp3) is 0.0833. The van der Waals surface area contributed by atoms with Gasteiger partial charge >= 0.3 is 0 Å². The van der Waals surface area contributed by atoms with Crippen LogP contribution >= 0.6 is 11.6 Å². The first kappa shape index (κ1) is 19.0. The van der Waals surface area contributed by atoms with Gasteiger partial charge in [-0.25, -0.2) is 4.98 Å². The molecule has 4 aromatic rings. The number of hydrogen-bond acceptors (Lipinski definition) is 3. The van der Waals surface area contributed by atoms with Crippen LogP contribution in [0.25, 0.3) is 10.9 Å². The van der Waals surface area contributed by atoms with Gasteiger partial charge < -0.3 is 10.6 Å². The number of nitrogens with one attached hydrogen (secondary N) is 2. The average Bonchev–Trinajstić information content (AvgIpc) is 2.74. The maximum absolute atomic E-state index is 12.4. The van der Waals surface area contributed by atoms with Crippen molar-refractivity contribution < 1.29 is 4.79 Å². The zero-order valence-corrected chi connectivity index (χ0v) is 16.7. The minimum absolute atomic E-state index is 0.137. The van der Waals surface area contributed by atoms with Crippen molar-refractivity contribution in [1.82, 2.24) is 4.98 Å². The Labute approximate surface area is 174 Å². The molecule has 0 fully saturated rings. The molecule has 1 amide bonds.